The Morgan fingerprint density at radius 2 is 1.82 bits per heavy atom. The molecule has 2 rings (SSSR count). The van der Waals surface area contributed by atoms with Gasteiger partial charge in [0.1, 0.15) is 0 Å². The highest BCUT2D eigenvalue weighted by atomic mass is 14.9. The molecule has 2 aromatic rings. The Morgan fingerprint density at radius 3 is 2.53 bits per heavy atom. The minimum Gasteiger partial charge on any atom is -0.359 e. The Bertz CT molecular complexity index is 579. The first-order valence-electron chi connectivity index (χ1n) is 5.78. The molecular weight excluding hydrogens is 206 g/mol. The predicted octanol–water partition coefficient (Wildman–Crippen LogP) is 4.32. The minimum atomic E-state index is 0.936. The van der Waals surface area contributed by atoms with Crippen LogP contribution in [0, 0.1) is 0 Å². The first kappa shape index (κ1) is 11.5. The Balaban J connectivity index is 2.33. The van der Waals surface area contributed by atoms with Gasteiger partial charge in [-0.3, -0.25) is 0 Å². The first-order valence-corrected chi connectivity index (χ1v) is 5.78. The van der Waals surface area contributed by atoms with E-state index in [0.717, 1.165) is 17.0 Å². The Kier molecular flexibility index (Phi) is 3.29. The van der Waals surface area contributed by atoms with Crippen molar-refractivity contribution in [1.82, 2.24) is 5.32 Å². The quantitative estimate of drug-likeness (QED) is 0.817. The maximum atomic E-state index is 4.07. The Morgan fingerprint density at radius 1 is 1.12 bits per heavy atom. The third-order valence-corrected chi connectivity index (χ3v) is 2.88. The maximum absolute atomic E-state index is 4.07. The molecule has 0 aromatic heterocycles. The molecule has 86 valence electrons. The zero-order valence-electron chi connectivity index (χ0n) is 10.3. The summed E-state index contributed by atoms with van der Waals surface area (Å²) in [7, 11) is 0. The summed E-state index contributed by atoms with van der Waals surface area (Å²) in [5, 5.41) is 5.78. The summed E-state index contributed by atoms with van der Waals surface area (Å²) in [4.78, 5) is 0. The van der Waals surface area contributed by atoms with Crippen molar-refractivity contribution < 1.29 is 0 Å². The van der Waals surface area contributed by atoms with Crippen LogP contribution in [0.4, 0.5) is 0 Å². The fraction of sp³-hybridized carbons (Fsp3) is 0.125. The van der Waals surface area contributed by atoms with Gasteiger partial charge < -0.3 is 5.32 Å². The predicted molar refractivity (Wildman–Crippen MR) is 75.5 cm³/mol. The molecule has 0 atom stereocenters. The number of nitrogens with one attached hydrogen (secondary N) is 1. The zero-order chi connectivity index (χ0) is 12.3. The lowest BCUT2D eigenvalue weighted by Crippen LogP contribution is -2.07. The van der Waals surface area contributed by atoms with E-state index in [-0.39, 0.29) is 0 Å². The molecule has 0 bridgehead atoms. The molecule has 0 radical (unpaired) electrons. The lowest BCUT2D eigenvalue weighted by Gasteiger charge is -2.10. The van der Waals surface area contributed by atoms with Gasteiger partial charge in [0, 0.05) is 11.4 Å². The van der Waals surface area contributed by atoms with Gasteiger partial charge in [-0.05, 0) is 36.2 Å². The molecule has 1 heteroatoms. The minimum absolute atomic E-state index is 0.936. The van der Waals surface area contributed by atoms with Gasteiger partial charge in [-0.1, -0.05) is 49.1 Å². The smallest absolute Gasteiger partial charge is 0.0382 e. The molecule has 0 saturated carbocycles. The fourth-order valence-electron chi connectivity index (χ4n) is 1.76. The molecule has 0 unspecified atom stereocenters. The van der Waals surface area contributed by atoms with E-state index in [1.165, 1.54) is 10.8 Å². The second kappa shape index (κ2) is 4.88. The van der Waals surface area contributed by atoms with E-state index < -0.39 is 0 Å². The second-order valence-electron chi connectivity index (χ2n) is 4.14. The Labute approximate surface area is 102 Å². The monoisotopic (exact) mass is 223 g/mol. The molecule has 0 aliphatic heterocycles. The summed E-state index contributed by atoms with van der Waals surface area (Å²) >= 11 is 0. The first-order chi connectivity index (χ1) is 8.20. The molecule has 17 heavy (non-hydrogen) atoms. The summed E-state index contributed by atoms with van der Waals surface area (Å²) < 4.78 is 0. The highest BCUT2D eigenvalue weighted by Gasteiger charge is 2.00. The highest BCUT2D eigenvalue weighted by molar-refractivity contribution is 5.85. The van der Waals surface area contributed by atoms with Crippen LogP contribution in [0.5, 0.6) is 0 Å². The molecule has 0 amide bonds. The standard InChI is InChI=1S/C16H17N/c1-4-12(2)17-13(3)15-10-9-14-7-5-6-8-16(14)11-15/h4-11,17H,3H2,1-2H3/b12-4-. The largest absolute Gasteiger partial charge is 0.359 e. The van der Waals surface area contributed by atoms with E-state index in [4.69, 9.17) is 0 Å². The molecule has 0 fully saturated rings. The molecule has 1 nitrogen and oxygen atoms in total. The van der Waals surface area contributed by atoms with E-state index in [2.05, 4.69) is 54.4 Å². The van der Waals surface area contributed by atoms with Crippen molar-refractivity contribution in [3.8, 4) is 0 Å². The Hall–Kier alpha value is -2.02. The van der Waals surface area contributed by atoms with Crippen LogP contribution in [0.1, 0.15) is 19.4 Å². The van der Waals surface area contributed by atoms with Crippen LogP contribution in [-0.4, -0.2) is 0 Å². The third-order valence-electron chi connectivity index (χ3n) is 2.88. The molecule has 0 aliphatic rings. The van der Waals surface area contributed by atoms with Crippen LogP contribution in [0.25, 0.3) is 16.5 Å². The van der Waals surface area contributed by atoms with E-state index >= 15 is 0 Å². The van der Waals surface area contributed by atoms with Crippen LogP contribution < -0.4 is 5.32 Å². The number of hydrogen-bond acceptors (Lipinski definition) is 1. The summed E-state index contributed by atoms with van der Waals surface area (Å²) in [5.74, 6) is 0. The number of allylic oxidation sites excluding steroid dienone is 2. The SMILES string of the molecule is C=C(N/C(C)=C\C)c1ccc2ccccc2c1. The highest BCUT2D eigenvalue weighted by Crippen LogP contribution is 2.19. The van der Waals surface area contributed by atoms with E-state index in [1.807, 2.05) is 19.9 Å². The van der Waals surface area contributed by atoms with Gasteiger partial charge >= 0.3 is 0 Å². The normalized spacial score (nSPS) is 11.5. The average molecular weight is 223 g/mol. The molecule has 1 N–H and O–H groups in total. The van der Waals surface area contributed by atoms with Crippen LogP contribution in [0.3, 0.4) is 0 Å². The van der Waals surface area contributed by atoms with Gasteiger partial charge in [0.25, 0.3) is 0 Å². The van der Waals surface area contributed by atoms with E-state index in [0.29, 0.717) is 0 Å². The number of fused-ring (bicyclic) bond motifs is 1. The lowest BCUT2D eigenvalue weighted by atomic mass is 10.1. The summed E-state index contributed by atoms with van der Waals surface area (Å²) in [6.45, 7) is 8.11. The number of benzene rings is 2. The number of hydrogen-bond donors (Lipinski definition) is 1. The lowest BCUT2D eigenvalue weighted by molar-refractivity contribution is 1.08. The van der Waals surface area contributed by atoms with Crippen LogP contribution >= 0.6 is 0 Å². The van der Waals surface area contributed by atoms with Gasteiger partial charge in [-0.25, -0.2) is 0 Å². The van der Waals surface area contributed by atoms with Crippen molar-refractivity contribution in [2.45, 2.75) is 13.8 Å². The molecule has 0 spiro atoms. The van der Waals surface area contributed by atoms with Crippen molar-refractivity contribution in [2.24, 2.45) is 0 Å². The van der Waals surface area contributed by atoms with Crippen molar-refractivity contribution in [1.29, 1.82) is 0 Å². The summed E-state index contributed by atoms with van der Waals surface area (Å²) in [5.41, 5.74) is 3.18. The third kappa shape index (κ3) is 2.56. The van der Waals surface area contributed by atoms with Crippen LogP contribution in [-0.2, 0) is 0 Å². The molecular formula is C16H17N. The van der Waals surface area contributed by atoms with Crippen molar-refractivity contribution in [3.05, 3.63) is 66.4 Å². The van der Waals surface area contributed by atoms with Gasteiger partial charge in [0.15, 0.2) is 0 Å². The van der Waals surface area contributed by atoms with Crippen molar-refractivity contribution in [3.63, 3.8) is 0 Å². The van der Waals surface area contributed by atoms with Gasteiger partial charge in [0.05, 0.1) is 0 Å². The zero-order valence-corrected chi connectivity index (χ0v) is 10.3. The molecule has 0 aliphatic carbocycles. The molecule has 0 heterocycles. The summed E-state index contributed by atoms with van der Waals surface area (Å²) in [6.07, 6.45) is 2.03. The summed E-state index contributed by atoms with van der Waals surface area (Å²) in [6, 6.07) is 14.7. The van der Waals surface area contributed by atoms with Crippen LogP contribution in [0.2, 0.25) is 0 Å². The van der Waals surface area contributed by atoms with E-state index in [1.54, 1.807) is 0 Å². The maximum Gasteiger partial charge on any atom is 0.0382 e. The second-order valence-corrected chi connectivity index (χ2v) is 4.14. The fourth-order valence-corrected chi connectivity index (χ4v) is 1.76. The topological polar surface area (TPSA) is 12.0 Å². The average Bonchev–Trinajstić information content (AvgIpc) is 2.38. The van der Waals surface area contributed by atoms with E-state index in [9.17, 15) is 0 Å². The van der Waals surface area contributed by atoms with Gasteiger partial charge in [0.2, 0.25) is 0 Å². The van der Waals surface area contributed by atoms with Crippen molar-refractivity contribution in [2.75, 3.05) is 0 Å². The molecule has 2 aromatic carbocycles. The molecule has 0 saturated heterocycles. The van der Waals surface area contributed by atoms with Crippen LogP contribution in [0.15, 0.2) is 60.8 Å². The van der Waals surface area contributed by atoms with Crippen molar-refractivity contribution >= 4 is 16.5 Å². The van der Waals surface area contributed by atoms with Gasteiger partial charge in [-0.2, -0.15) is 0 Å². The van der Waals surface area contributed by atoms with Gasteiger partial charge in [-0.15, -0.1) is 0 Å². The number of rotatable bonds is 3.